The van der Waals surface area contributed by atoms with Crippen molar-refractivity contribution in [2.45, 2.75) is 66.2 Å². The lowest BCUT2D eigenvalue weighted by molar-refractivity contribution is -0.130. The van der Waals surface area contributed by atoms with Gasteiger partial charge in [0, 0.05) is 10.8 Å². The van der Waals surface area contributed by atoms with Crippen LogP contribution in [-0.4, -0.2) is 11.6 Å². The molecule has 4 aliphatic carbocycles. The zero-order chi connectivity index (χ0) is 22.0. The molecule has 0 N–H and O–H groups in total. The van der Waals surface area contributed by atoms with Gasteiger partial charge in [-0.3, -0.25) is 9.59 Å². The van der Waals surface area contributed by atoms with E-state index in [0.717, 1.165) is 24.0 Å². The second-order valence-corrected chi connectivity index (χ2v) is 12.0. The third-order valence-electron chi connectivity index (χ3n) is 10.4. The number of fused-ring (bicyclic) bond motifs is 4. The van der Waals surface area contributed by atoms with Crippen LogP contribution in [0.1, 0.15) is 77.3 Å². The minimum atomic E-state index is -0.375. The Hall–Kier alpha value is -1.96. The molecule has 1 aromatic carbocycles. The molecular weight excluding hydrogens is 368 g/mol. The Morgan fingerprint density at radius 2 is 1.03 bits per heavy atom. The summed E-state index contributed by atoms with van der Waals surface area (Å²) in [7, 11) is 0. The molecule has 158 valence electrons. The van der Waals surface area contributed by atoms with Crippen LogP contribution >= 0.6 is 0 Å². The first kappa shape index (κ1) is 20.0. The molecule has 4 aliphatic rings. The van der Waals surface area contributed by atoms with Crippen LogP contribution in [-0.2, 0) is 9.59 Å². The molecule has 1 aromatic rings. The van der Waals surface area contributed by atoms with E-state index in [1.165, 1.54) is 11.1 Å². The number of hydrogen-bond acceptors (Lipinski definition) is 2. The minimum Gasteiger partial charge on any atom is -0.298 e. The fourth-order valence-corrected chi connectivity index (χ4v) is 8.11. The highest BCUT2D eigenvalue weighted by Gasteiger charge is 2.70. The smallest absolute Gasteiger partial charge is 0.147 e. The van der Waals surface area contributed by atoms with Crippen molar-refractivity contribution in [3.05, 3.63) is 59.7 Å². The largest absolute Gasteiger partial charge is 0.298 e. The highest BCUT2D eigenvalue weighted by Crippen LogP contribution is 2.72. The molecule has 5 rings (SSSR count). The van der Waals surface area contributed by atoms with Crippen molar-refractivity contribution in [2.75, 3.05) is 0 Å². The molecule has 4 bridgehead atoms. The van der Waals surface area contributed by atoms with Gasteiger partial charge in [-0.15, -0.1) is 0 Å². The van der Waals surface area contributed by atoms with Crippen LogP contribution in [0.15, 0.2) is 48.6 Å². The molecule has 4 saturated carbocycles. The Labute approximate surface area is 180 Å². The zero-order valence-electron chi connectivity index (χ0n) is 19.3. The number of ketones is 2. The number of benzene rings is 1. The van der Waals surface area contributed by atoms with Gasteiger partial charge in [0.05, 0.1) is 11.8 Å². The van der Waals surface area contributed by atoms with Crippen LogP contribution in [0, 0.1) is 33.5 Å². The lowest BCUT2D eigenvalue weighted by Crippen LogP contribution is -2.34. The molecule has 0 aromatic heterocycles. The van der Waals surface area contributed by atoms with Gasteiger partial charge in [0.15, 0.2) is 0 Å². The van der Waals surface area contributed by atoms with E-state index in [1.54, 1.807) is 0 Å². The molecule has 30 heavy (non-hydrogen) atoms. The second kappa shape index (κ2) is 5.44. The molecule has 6 unspecified atom stereocenters. The summed E-state index contributed by atoms with van der Waals surface area (Å²) < 4.78 is 0. The van der Waals surface area contributed by atoms with E-state index in [9.17, 15) is 9.59 Å². The molecule has 0 heterocycles. The maximum absolute atomic E-state index is 13.8. The van der Waals surface area contributed by atoms with E-state index in [0.29, 0.717) is 11.6 Å². The Kier molecular flexibility index (Phi) is 3.62. The first-order chi connectivity index (χ1) is 13.8. The van der Waals surface area contributed by atoms with Gasteiger partial charge in [0.1, 0.15) is 11.6 Å². The van der Waals surface area contributed by atoms with Crippen molar-refractivity contribution < 1.29 is 9.59 Å². The van der Waals surface area contributed by atoms with E-state index in [-0.39, 0.29) is 45.3 Å². The second-order valence-electron chi connectivity index (χ2n) is 12.0. The van der Waals surface area contributed by atoms with Crippen molar-refractivity contribution in [1.29, 1.82) is 0 Å². The van der Waals surface area contributed by atoms with Gasteiger partial charge in [-0.1, -0.05) is 90.1 Å². The summed E-state index contributed by atoms with van der Waals surface area (Å²) in [4.78, 5) is 27.5. The van der Waals surface area contributed by atoms with Gasteiger partial charge in [-0.2, -0.15) is 0 Å². The first-order valence-corrected chi connectivity index (χ1v) is 11.3. The summed E-state index contributed by atoms with van der Waals surface area (Å²) in [6, 6.07) is 8.25. The summed E-state index contributed by atoms with van der Waals surface area (Å²) in [5.74, 6) is 0.542. The number of Topliss-reactive ketones (excluding diaryl/α,β-unsaturated/α-hetero) is 2. The molecule has 6 atom stereocenters. The van der Waals surface area contributed by atoms with Crippen LogP contribution in [0.2, 0.25) is 0 Å². The van der Waals surface area contributed by atoms with Crippen LogP contribution in [0.25, 0.3) is 0 Å². The fourth-order valence-electron chi connectivity index (χ4n) is 8.11. The van der Waals surface area contributed by atoms with E-state index < -0.39 is 0 Å². The van der Waals surface area contributed by atoms with Gasteiger partial charge in [-0.05, 0) is 46.6 Å². The maximum atomic E-state index is 13.8. The monoisotopic (exact) mass is 402 g/mol. The van der Waals surface area contributed by atoms with Gasteiger partial charge >= 0.3 is 0 Å². The standard InChI is InChI=1S/C28H34O2/c1-15-13-27(7)23(29)19(21(15)25(27,3)4)17-11-9-10-12-18(17)20-22-16(2)14-28(8,24(20)30)26(22,5)6/h9-12,19-22H,1-2,13-14H2,3-8H3. The predicted molar refractivity (Wildman–Crippen MR) is 120 cm³/mol. The molecule has 2 nitrogen and oxygen atoms in total. The number of carbonyl (C=O) groups is 2. The van der Waals surface area contributed by atoms with Crippen LogP contribution < -0.4 is 0 Å². The van der Waals surface area contributed by atoms with Crippen molar-refractivity contribution >= 4 is 11.6 Å². The van der Waals surface area contributed by atoms with Crippen molar-refractivity contribution in [3.8, 4) is 0 Å². The molecule has 0 saturated heterocycles. The number of rotatable bonds is 2. The van der Waals surface area contributed by atoms with Crippen molar-refractivity contribution in [1.82, 2.24) is 0 Å². The first-order valence-electron chi connectivity index (χ1n) is 11.3. The molecule has 2 heteroatoms. The topological polar surface area (TPSA) is 34.1 Å². The lowest BCUT2D eigenvalue weighted by Gasteiger charge is -2.32. The Balaban J connectivity index is 1.68. The normalized spacial score (nSPS) is 43.1. The molecule has 0 radical (unpaired) electrons. The van der Waals surface area contributed by atoms with Gasteiger partial charge in [0.2, 0.25) is 0 Å². The highest BCUT2D eigenvalue weighted by molar-refractivity contribution is 6.00. The average molecular weight is 403 g/mol. The van der Waals surface area contributed by atoms with E-state index in [2.05, 4.69) is 66.8 Å². The quantitative estimate of drug-likeness (QED) is 0.549. The third kappa shape index (κ3) is 1.89. The Morgan fingerprint density at radius 1 is 0.700 bits per heavy atom. The van der Waals surface area contributed by atoms with E-state index in [1.807, 2.05) is 12.1 Å². The van der Waals surface area contributed by atoms with Gasteiger partial charge in [0.25, 0.3) is 0 Å². The highest BCUT2D eigenvalue weighted by atomic mass is 16.1. The van der Waals surface area contributed by atoms with Crippen LogP contribution in [0.3, 0.4) is 0 Å². The molecule has 0 aliphatic heterocycles. The van der Waals surface area contributed by atoms with Crippen molar-refractivity contribution in [3.63, 3.8) is 0 Å². The van der Waals surface area contributed by atoms with E-state index >= 15 is 0 Å². The predicted octanol–water partition coefficient (Wildman–Crippen LogP) is 6.24. The lowest BCUT2D eigenvalue weighted by atomic mass is 9.69. The Bertz CT molecular complexity index is 957. The minimum absolute atomic E-state index is 0.119. The zero-order valence-corrected chi connectivity index (χ0v) is 19.3. The fraction of sp³-hybridized carbons (Fsp3) is 0.571. The summed E-state index contributed by atoms with van der Waals surface area (Å²) in [6.45, 7) is 21.9. The van der Waals surface area contributed by atoms with Crippen LogP contribution in [0.5, 0.6) is 0 Å². The number of hydrogen-bond donors (Lipinski definition) is 0. The summed E-state index contributed by atoms with van der Waals surface area (Å²) in [5, 5.41) is 0. The molecule has 4 fully saturated rings. The Morgan fingerprint density at radius 3 is 1.33 bits per heavy atom. The van der Waals surface area contributed by atoms with Gasteiger partial charge < -0.3 is 0 Å². The molecule has 0 amide bonds. The van der Waals surface area contributed by atoms with Gasteiger partial charge in [-0.25, -0.2) is 0 Å². The summed E-state index contributed by atoms with van der Waals surface area (Å²) >= 11 is 0. The number of carbonyl (C=O) groups excluding carboxylic acids is 2. The SMILES string of the molecule is C=C1CC2(C)C(=O)C(c3ccccc3C3C(=O)C4(C)CC(=C)C3C4(C)C)C1C2(C)C. The van der Waals surface area contributed by atoms with E-state index in [4.69, 9.17) is 0 Å². The number of allylic oxidation sites excluding steroid dienone is 2. The van der Waals surface area contributed by atoms with Crippen molar-refractivity contribution in [2.24, 2.45) is 33.5 Å². The maximum Gasteiger partial charge on any atom is 0.147 e. The van der Waals surface area contributed by atoms with Crippen LogP contribution in [0.4, 0.5) is 0 Å². The molecular formula is C28H34O2. The summed E-state index contributed by atoms with van der Waals surface area (Å²) in [6.07, 6.45) is 1.57. The summed E-state index contributed by atoms with van der Waals surface area (Å²) in [5.41, 5.74) is 3.52. The third-order valence-corrected chi connectivity index (χ3v) is 10.4. The molecule has 0 spiro atoms. The average Bonchev–Trinajstić information content (AvgIpc) is 3.08.